The number of carboxylic acid groups (broad SMARTS) is 1. The molecule has 6 heteroatoms. The lowest BCUT2D eigenvalue weighted by atomic mass is 9.81. The van der Waals surface area contributed by atoms with Crippen LogP contribution in [-0.4, -0.2) is 35.0 Å². The molecule has 5 nitrogen and oxygen atoms in total. The van der Waals surface area contributed by atoms with Gasteiger partial charge in [-0.05, 0) is 64.8 Å². The van der Waals surface area contributed by atoms with Crippen LogP contribution in [0.1, 0.15) is 49.4 Å². The highest BCUT2D eigenvalue weighted by molar-refractivity contribution is 5.81. The summed E-state index contributed by atoms with van der Waals surface area (Å²) in [4.78, 5) is 26.5. The summed E-state index contributed by atoms with van der Waals surface area (Å²) < 4.78 is 20.7. The average Bonchev–Trinajstić information content (AvgIpc) is 2.85. The molecule has 0 atom stereocenters. The number of hydrogen-bond donors (Lipinski definition) is 1. The Labute approximate surface area is 211 Å². The van der Waals surface area contributed by atoms with Crippen molar-refractivity contribution in [3.05, 3.63) is 88.7 Å². The third-order valence-electron chi connectivity index (χ3n) is 6.85. The van der Waals surface area contributed by atoms with Crippen LogP contribution in [0.3, 0.4) is 0 Å². The van der Waals surface area contributed by atoms with Crippen LogP contribution in [-0.2, 0) is 34.4 Å². The van der Waals surface area contributed by atoms with Gasteiger partial charge in [0.1, 0.15) is 11.6 Å². The topological polar surface area (TPSA) is 66.8 Å². The van der Waals surface area contributed by atoms with Crippen molar-refractivity contribution in [2.24, 2.45) is 0 Å². The Bertz CT molecular complexity index is 1270. The predicted molar refractivity (Wildman–Crippen MR) is 138 cm³/mol. The minimum Gasteiger partial charge on any atom is -0.493 e. The number of carboxylic acids is 1. The molecular formula is C30H32FNO4. The summed E-state index contributed by atoms with van der Waals surface area (Å²) in [5.74, 6) is -0.586. The van der Waals surface area contributed by atoms with E-state index in [2.05, 4.69) is 13.8 Å². The number of amides is 1. The number of halogens is 1. The molecule has 0 bridgehead atoms. The number of ether oxygens (including phenoxy) is 1. The maximum absolute atomic E-state index is 14.9. The predicted octanol–water partition coefficient (Wildman–Crippen LogP) is 5.77. The van der Waals surface area contributed by atoms with E-state index in [0.717, 1.165) is 16.7 Å². The SMILES string of the molecule is CCOc1ccc(CC(=O)O)cc1-c1ccc(F)c2c1CN(C(=O)CC(C)(C)c1ccccc1)CC2. The largest absolute Gasteiger partial charge is 0.493 e. The highest BCUT2D eigenvalue weighted by Crippen LogP contribution is 2.38. The van der Waals surface area contributed by atoms with Crippen molar-refractivity contribution in [1.29, 1.82) is 0 Å². The maximum Gasteiger partial charge on any atom is 0.307 e. The van der Waals surface area contributed by atoms with E-state index in [0.29, 0.717) is 55.0 Å². The first-order chi connectivity index (χ1) is 17.2. The summed E-state index contributed by atoms with van der Waals surface area (Å²) in [7, 11) is 0. The first-order valence-electron chi connectivity index (χ1n) is 12.3. The van der Waals surface area contributed by atoms with Crippen LogP contribution in [0.5, 0.6) is 5.75 Å². The van der Waals surface area contributed by atoms with Crippen molar-refractivity contribution in [3.63, 3.8) is 0 Å². The normalized spacial score (nSPS) is 13.3. The average molecular weight is 490 g/mol. The second-order valence-electron chi connectivity index (χ2n) is 9.88. The fourth-order valence-corrected chi connectivity index (χ4v) is 4.93. The van der Waals surface area contributed by atoms with Gasteiger partial charge in [-0.25, -0.2) is 4.39 Å². The lowest BCUT2D eigenvalue weighted by Gasteiger charge is -2.34. The number of carbonyl (C=O) groups excluding carboxylic acids is 1. The van der Waals surface area contributed by atoms with Crippen LogP contribution in [0.25, 0.3) is 11.1 Å². The Morgan fingerprint density at radius 2 is 1.78 bits per heavy atom. The molecule has 0 spiro atoms. The van der Waals surface area contributed by atoms with Crippen LogP contribution >= 0.6 is 0 Å². The molecule has 1 aliphatic rings. The van der Waals surface area contributed by atoms with E-state index in [4.69, 9.17) is 4.74 Å². The Hall–Kier alpha value is -3.67. The highest BCUT2D eigenvalue weighted by Gasteiger charge is 2.31. The van der Waals surface area contributed by atoms with Crippen molar-refractivity contribution >= 4 is 11.9 Å². The van der Waals surface area contributed by atoms with E-state index in [1.807, 2.05) is 37.3 Å². The van der Waals surface area contributed by atoms with Gasteiger partial charge in [0.05, 0.1) is 13.0 Å². The van der Waals surface area contributed by atoms with Gasteiger partial charge in [-0.1, -0.05) is 56.3 Å². The monoisotopic (exact) mass is 489 g/mol. The number of nitrogens with zero attached hydrogens (tertiary/aromatic N) is 1. The summed E-state index contributed by atoms with van der Waals surface area (Å²) in [6.07, 6.45) is 0.641. The van der Waals surface area contributed by atoms with Gasteiger partial charge in [-0.3, -0.25) is 9.59 Å². The van der Waals surface area contributed by atoms with Gasteiger partial charge in [-0.2, -0.15) is 0 Å². The molecule has 0 saturated heterocycles. The minimum atomic E-state index is -0.927. The van der Waals surface area contributed by atoms with E-state index in [9.17, 15) is 19.1 Å². The quantitative estimate of drug-likeness (QED) is 0.436. The lowest BCUT2D eigenvalue weighted by Crippen LogP contribution is -2.39. The molecule has 1 aliphatic heterocycles. The smallest absolute Gasteiger partial charge is 0.307 e. The first kappa shape index (κ1) is 25.4. The zero-order valence-electron chi connectivity index (χ0n) is 21.0. The molecule has 1 amide bonds. The van der Waals surface area contributed by atoms with Crippen molar-refractivity contribution in [1.82, 2.24) is 4.90 Å². The molecule has 3 aromatic rings. The number of aliphatic carboxylic acids is 1. The van der Waals surface area contributed by atoms with E-state index >= 15 is 0 Å². The molecule has 4 rings (SSSR count). The van der Waals surface area contributed by atoms with Gasteiger partial charge < -0.3 is 14.7 Å². The fourth-order valence-electron chi connectivity index (χ4n) is 4.93. The Morgan fingerprint density at radius 1 is 1.03 bits per heavy atom. The van der Waals surface area contributed by atoms with Gasteiger partial charge >= 0.3 is 5.97 Å². The second kappa shape index (κ2) is 10.5. The van der Waals surface area contributed by atoms with Gasteiger partial charge in [0.15, 0.2) is 0 Å². The van der Waals surface area contributed by atoms with E-state index in [1.54, 1.807) is 29.2 Å². The van der Waals surface area contributed by atoms with Crippen LogP contribution in [0, 0.1) is 5.82 Å². The summed E-state index contributed by atoms with van der Waals surface area (Å²) in [6, 6.07) is 18.4. The molecular weight excluding hydrogens is 457 g/mol. The van der Waals surface area contributed by atoms with Gasteiger partial charge in [0.2, 0.25) is 5.91 Å². The fraction of sp³-hybridized carbons (Fsp3) is 0.333. The number of hydrogen-bond acceptors (Lipinski definition) is 3. The van der Waals surface area contributed by atoms with Gasteiger partial charge in [0.25, 0.3) is 0 Å². The van der Waals surface area contributed by atoms with Gasteiger partial charge in [0, 0.05) is 25.1 Å². The molecule has 0 aromatic heterocycles. The molecule has 0 unspecified atom stereocenters. The summed E-state index contributed by atoms with van der Waals surface area (Å²) >= 11 is 0. The minimum absolute atomic E-state index is 0.0226. The second-order valence-corrected chi connectivity index (χ2v) is 9.88. The Morgan fingerprint density at radius 3 is 2.47 bits per heavy atom. The number of fused-ring (bicyclic) bond motifs is 1. The summed E-state index contributed by atoms with van der Waals surface area (Å²) in [5, 5.41) is 9.28. The molecule has 1 heterocycles. The Balaban J connectivity index is 1.68. The third-order valence-corrected chi connectivity index (χ3v) is 6.85. The standard InChI is InChI=1S/C30H32FNO4/c1-4-36-27-13-10-20(17-29(34)35)16-24(27)22-11-12-26(31)23-14-15-32(19-25(22)23)28(33)18-30(2,3)21-8-6-5-7-9-21/h5-13,16H,4,14-15,17-19H2,1-3H3,(H,34,35). The Kier molecular flexibility index (Phi) is 7.43. The zero-order chi connectivity index (χ0) is 25.9. The van der Waals surface area contributed by atoms with Crippen molar-refractivity contribution < 1.29 is 23.8 Å². The van der Waals surface area contributed by atoms with E-state index in [-0.39, 0.29) is 23.6 Å². The van der Waals surface area contributed by atoms with Crippen LogP contribution in [0.15, 0.2) is 60.7 Å². The molecule has 1 N–H and O–H groups in total. The maximum atomic E-state index is 14.9. The zero-order valence-corrected chi connectivity index (χ0v) is 21.0. The lowest BCUT2D eigenvalue weighted by molar-refractivity contribution is -0.136. The van der Waals surface area contributed by atoms with E-state index in [1.165, 1.54) is 6.07 Å². The molecule has 0 radical (unpaired) electrons. The molecule has 0 fully saturated rings. The molecule has 188 valence electrons. The van der Waals surface area contributed by atoms with Crippen LogP contribution in [0.2, 0.25) is 0 Å². The van der Waals surface area contributed by atoms with Crippen molar-refractivity contribution in [2.75, 3.05) is 13.2 Å². The molecule has 0 saturated carbocycles. The first-order valence-corrected chi connectivity index (χ1v) is 12.3. The van der Waals surface area contributed by atoms with Crippen LogP contribution < -0.4 is 4.74 Å². The third kappa shape index (κ3) is 5.43. The van der Waals surface area contributed by atoms with Gasteiger partial charge in [-0.15, -0.1) is 0 Å². The van der Waals surface area contributed by atoms with Crippen LogP contribution in [0.4, 0.5) is 4.39 Å². The van der Waals surface area contributed by atoms with E-state index < -0.39 is 5.97 Å². The van der Waals surface area contributed by atoms with Crippen molar-refractivity contribution in [2.45, 2.75) is 52.0 Å². The number of benzene rings is 3. The number of carbonyl (C=O) groups is 2. The highest BCUT2D eigenvalue weighted by atomic mass is 19.1. The molecule has 0 aliphatic carbocycles. The molecule has 36 heavy (non-hydrogen) atoms. The number of rotatable bonds is 8. The summed E-state index contributed by atoms with van der Waals surface area (Å²) in [5.41, 5.74) is 4.22. The summed E-state index contributed by atoms with van der Waals surface area (Å²) in [6.45, 7) is 7.18. The molecule has 3 aromatic carbocycles. The van der Waals surface area contributed by atoms with Crippen molar-refractivity contribution in [3.8, 4) is 16.9 Å².